The van der Waals surface area contributed by atoms with Gasteiger partial charge in [-0.1, -0.05) is 30.3 Å². The second-order valence-electron chi connectivity index (χ2n) is 4.40. The minimum atomic E-state index is -1.36. The van der Waals surface area contributed by atoms with Crippen LogP contribution in [-0.2, 0) is 10.8 Å². The lowest BCUT2D eigenvalue weighted by molar-refractivity contribution is 0.0991. The maximum absolute atomic E-state index is 12.2. The lowest BCUT2D eigenvalue weighted by atomic mass is 10.1. The van der Waals surface area contributed by atoms with Gasteiger partial charge in [-0.25, -0.2) is 0 Å². The van der Waals surface area contributed by atoms with E-state index in [1.54, 1.807) is 18.2 Å². The highest BCUT2D eigenvalue weighted by molar-refractivity contribution is 7.85. The van der Waals surface area contributed by atoms with Gasteiger partial charge in [-0.15, -0.1) is 0 Å². The molecule has 0 saturated carbocycles. The van der Waals surface area contributed by atoms with E-state index in [1.807, 2.05) is 36.4 Å². The molecule has 2 aromatic carbocycles. The Bertz CT molecular complexity index is 775. The fourth-order valence-electron chi connectivity index (χ4n) is 2.02. The number of carbonyl (C=O) groups is 1. The maximum Gasteiger partial charge on any atom is 0.210 e. The van der Waals surface area contributed by atoms with Crippen molar-refractivity contribution in [1.29, 1.82) is 0 Å². The molecule has 1 aromatic heterocycles. The Morgan fingerprint density at radius 2 is 1.80 bits per heavy atom. The van der Waals surface area contributed by atoms with Crippen molar-refractivity contribution >= 4 is 27.4 Å². The third-order valence-corrected chi connectivity index (χ3v) is 4.35. The van der Waals surface area contributed by atoms with Crippen LogP contribution >= 0.6 is 0 Å². The van der Waals surface area contributed by atoms with E-state index in [9.17, 15) is 9.00 Å². The first-order valence-corrected chi connectivity index (χ1v) is 7.50. The molecular weight excluding hydrogens is 272 g/mol. The largest absolute Gasteiger partial charge is 0.461 e. The Hall–Kier alpha value is -2.20. The third kappa shape index (κ3) is 2.56. The summed E-state index contributed by atoms with van der Waals surface area (Å²) >= 11 is 0. The van der Waals surface area contributed by atoms with E-state index in [-0.39, 0.29) is 17.3 Å². The normalized spacial score (nSPS) is 12.4. The molecule has 0 aliphatic rings. The van der Waals surface area contributed by atoms with E-state index >= 15 is 0 Å². The van der Waals surface area contributed by atoms with Crippen LogP contribution in [0.25, 0.3) is 10.8 Å². The van der Waals surface area contributed by atoms with Gasteiger partial charge in [0.05, 0.1) is 22.8 Å². The molecule has 0 aliphatic heterocycles. The summed E-state index contributed by atoms with van der Waals surface area (Å²) in [5.41, 5.74) is 0. The number of Topliss-reactive ketones (excluding diaryl/α,β-unsaturated/α-hetero) is 1. The standard InChI is InChI=1S/C16H12O3S/c17-15(16-6-3-9-19-16)11-20(18)14-8-7-12-4-1-2-5-13(12)10-14/h1-10H,11H2. The average molecular weight is 284 g/mol. The van der Waals surface area contributed by atoms with E-state index in [2.05, 4.69) is 0 Å². The zero-order valence-electron chi connectivity index (χ0n) is 10.6. The van der Waals surface area contributed by atoms with Crippen LogP contribution in [0.2, 0.25) is 0 Å². The Kier molecular flexibility index (Phi) is 3.48. The van der Waals surface area contributed by atoms with Crippen molar-refractivity contribution in [1.82, 2.24) is 0 Å². The van der Waals surface area contributed by atoms with E-state index in [0.29, 0.717) is 4.90 Å². The highest BCUT2D eigenvalue weighted by Gasteiger charge is 2.14. The highest BCUT2D eigenvalue weighted by Crippen LogP contribution is 2.18. The molecule has 0 saturated heterocycles. The summed E-state index contributed by atoms with van der Waals surface area (Å²) in [5.74, 6) is -0.0631. The summed E-state index contributed by atoms with van der Waals surface area (Å²) in [7, 11) is -1.36. The zero-order valence-corrected chi connectivity index (χ0v) is 11.4. The summed E-state index contributed by atoms with van der Waals surface area (Å²) in [4.78, 5) is 12.5. The van der Waals surface area contributed by atoms with Gasteiger partial charge in [0.25, 0.3) is 0 Å². The Balaban J connectivity index is 1.83. The van der Waals surface area contributed by atoms with Crippen molar-refractivity contribution in [2.75, 3.05) is 5.75 Å². The molecule has 0 N–H and O–H groups in total. The van der Waals surface area contributed by atoms with Gasteiger partial charge in [-0.05, 0) is 35.0 Å². The predicted octanol–water partition coefficient (Wildman–Crippen LogP) is 3.42. The van der Waals surface area contributed by atoms with Crippen LogP contribution in [0.5, 0.6) is 0 Å². The van der Waals surface area contributed by atoms with Gasteiger partial charge in [0, 0.05) is 4.90 Å². The van der Waals surface area contributed by atoms with Gasteiger partial charge < -0.3 is 4.42 Å². The average Bonchev–Trinajstić information content (AvgIpc) is 3.01. The van der Waals surface area contributed by atoms with Crippen molar-refractivity contribution in [3.05, 3.63) is 66.6 Å². The number of benzene rings is 2. The van der Waals surface area contributed by atoms with E-state index < -0.39 is 10.8 Å². The van der Waals surface area contributed by atoms with Crippen molar-refractivity contribution in [3.63, 3.8) is 0 Å². The fourth-order valence-corrected chi connectivity index (χ4v) is 3.05. The van der Waals surface area contributed by atoms with Crippen molar-refractivity contribution in [2.24, 2.45) is 0 Å². The van der Waals surface area contributed by atoms with Crippen LogP contribution in [-0.4, -0.2) is 15.7 Å². The van der Waals surface area contributed by atoms with Crippen LogP contribution < -0.4 is 0 Å². The van der Waals surface area contributed by atoms with E-state index in [4.69, 9.17) is 4.42 Å². The Labute approximate surface area is 118 Å². The summed E-state index contributed by atoms with van der Waals surface area (Å²) in [5, 5.41) is 2.11. The molecule has 100 valence electrons. The molecule has 0 fully saturated rings. The van der Waals surface area contributed by atoms with Crippen LogP contribution in [0.1, 0.15) is 10.6 Å². The van der Waals surface area contributed by atoms with Gasteiger partial charge in [-0.3, -0.25) is 9.00 Å². The number of hydrogen-bond acceptors (Lipinski definition) is 3. The molecule has 3 aromatic rings. The smallest absolute Gasteiger partial charge is 0.210 e. The number of carbonyl (C=O) groups excluding carboxylic acids is 1. The molecule has 1 atom stereocenters. The Morgan fingerprint density at radius 1 is 1.00 bits per heavy atom. The molecule has 20 heavy (non-hydrogen) atoms. The van der Waals surface area contributed by atoms with Gasteiger partial charge in [0.1, 0.15) is 0 Å². The fraction of sp³-hybridized carbons (Fsp3) is 0.0625. The summed E-state index contributed by atoms with van der Waals surface area (Å²) in [6.45, 7) is 0. The van der Waals surface area contributed by atoms with E-state index in [1.165, 1.54) is 6.26 Å². The molecular formula is C16H12O3S. The number of fused-ring (bicyclic) bond motifs is 1. The van der Waals surface area contributed by atoms with Gasteiger partial charge in [0.15, 0.2) is 5.76 Å². The molecule has 1 unspecified atom stereocenters. The lowest BCUT2D eigenvalue weighted by Gasteiger charge is -2.03. The first-order chi connectivity index (χ1) is 9.74. The lowest BCUT2D eigenvalue weighted by Crippen LogP contribution is -2.10. The molecule has 0 aliphatic carbocycles. The van der Waals surface area contributed by atoms with Gasteiger partial charge in [-0.2, -0.15) is 0 Å². The zero-order chi connectivity index (χ0) is 13.9. The summed E-state index contributed by atoms with van der Waals surface area (Å²) < 4.78 is 17.3. The first kappa shape index (κ1) is 12.8. The minimum absolute atomic E-state index is 0.0636. The molecule has 3 rings (SSSR count). The molecule has 0 spiro atoms. The number of furan rings is 1. The maximum atomic E-state index is 12.2. The number of ketones is 1. The quantitative estimate of drug-likeness (QED) is 0.690. The molecule has 0 radical (unpaired) electrons. The van der Waals surface area contributed by atoms with Crippen LogP contribution in [0.3, 0.4) is 0 Å². The van der Waals surface area contributed by atoms with Crippen LogP contribution in [0.4, 0.5) is 0 Å². The topological polar surface area (TPSA) is 47.3 Å². The summed E-state index contributed by atoms with van der Waals surface area (Å²) in [6, 6.07) is 16.7. The number of rotatable bonds is 4. The van der Waals surface area contributed by atoms with E-state index in [0.717, 1.165) is 10.8 Å². The highest BCUT2D eigenvalue weighted by atomic mass is 32.2. The van der Waals surface area contributed by atoms with Gasteiger partial charge >= 0.3 is 0 Å². The van der Waals surface area contributed by atoms with Gasteiger partial charge in [0.2, 0.25) is 5.78 Å². The number of hydrogen-bond donors (Lipinski definition) is 0. The molecule has 0 bridgehead atoms. The molecule has 4 heteroatoms. The van der Waals surface area contributed by atoms with Crippen molar-refractivity contribution in [3.8, 4) is 0 Å². The first-order valence-electron chi connectivity index (χ1n) is 6.18. The summed E-state index contributed by atoms with van der Waals surface area (Å²) in [6.07, 6.45) is 1.44. The van der Waals surface area contributed by atoms with Crippen LogP contribution in [0.15, 0.2) is 70.2 Å². The third-order valence-electron chi connectivity index (χ3n) is 3.04. The Morgan fingerprint density at radius 3 is 2.55 bits per heavy atom. The monoisotopic (exact) mass is 284 g/mol. The van der Waals surface area contributed by atoms with Crippen LogP contribution in [0, 0.1) is 0 Å². The molecule has 3 nitrogen and oxygen atoms in total. The van der Waals surface area contributed by atoms with Crippen molar-refractivity contribution < 1.29 is 13.4 Å². The SMILES string of the molecule is O=C(CS(=O)c1ccc2ccccc2c1)c1ccco1. The predicted molar refractivity (Wildman–Crippen MR) is 78.3 cm³/mol. The molecule has 1 heterocycles. The second kappa shape index (κ2) is 5.43. The van der Waals surface area contributed by atoms with Crippen molar-refractivity contribution in [2.45, 2.75) is 4.90 Å². The second-order valence-corrected chi connectivity index (χ2v) is 5.85. The molecule has 0 amide bonds. The minimum Gasteiger partial charge on any atom is -0.461 e.